The van der Waals surface area contributed by atoms with Crippen LogP contribution in [0.25, 0.3) is 0 Å². The Kier molecular flexibility index (Phi) is 8.25. The summed E-state index contributed by atoms with van der Waals surface area (Å²) in [5.74, 6) is -1.30. The molecule has 1 amide bonds. The van der Waals surface area contributed by atoms with Gasteiger partial charge in [-0.15, -0.1) is 0 Å². The quantitative estimate of drug-likeness (QED) is 0.287. The van der Waals surface area contributed by atoms with E-state index in [1.807, 2.05) is 36.1 Å². The lowest BCUT2D eigenvalue weighted by Crippen LogP contribution is -2.59. The molecule has 0 spiro atoms. The van der Waals surface area contributed by atoms with Gasteiger partial charge in [-0.2, -0.15) is 0 Å². The Morgan fingerprint density at radius 1 is 0.972 bits per heavy atom. The number of Topliss-reactive ketones (excluding diaryl/α,β-unsaturated/α-hetero) is 1. The summed E-state index contributed by atoms with van der Waals surface area (Å²) in [6.45, 7) is 5.25. The molecule has 1 aliphatic rings. The number of carbonyl (C=O) groups is 2. The lowest BCUT2D eigenvalue weighted by molar-refractivity contribution is 0.0634. The molecule has 36 heavy (non-hydrogen) atoms. The molecule has 0 saturated carbocycles. The lowest BCUT2D eigenvalue weighted by Gasteiger charge is -2.46. The number of hydrogen-bond donors (Lipinski definition) is 0. The van der Waals surface area contributed by atoms with Gasteiger partial charge in [0.05, 0.1) is 5.02 Å². The summed E-state index contributed by atoms with van der Waals surface area (Å²) < 4.78 is 25.9. The van der Waals surface area contributed by atoms with Crippen molar-refractivity contribution in [3.8, 4) is 0 Å². The van der Waals surface area contributed by atoms with Gasteiger partial charge < -0.3 is 14.4 Å². The number of anilines is 1. The first-order chi connectivity index (χ1) is 17.2. The highest BCUT2D eigenvalue weighted by atomic mass is 35.5. The number of benzene rings is 3. The van der Waals surface area contributed by atoms with Gasteiger partial charge in [0.15, 0.2) is 10.6 Å². The highest BCUT2D eigenvalue weighted by Gasteiger charge is 2.34. The lowest BCUT2D eigenvalue weighted by atomic mass is 10.0. The smallest absolute Gasteiger partial charge is 0.254 e. The molecule has 1 heterocycles. The molecule has 1 aliphatic heterocycles. The summed E-state index contributed by atoms with van der Waals surface area (Å²) in [6.07, 6.45) is 0. The van der Waals surface area contributed by atoms with E-state index in [9.17, 15) is 18.5 Å². The topological polar surface area (TPSA) is 63.7 Å². The van der Waals surface area contributed by atoms with E-state index in [0.717, 1.165) is 5.69 Å². The maximum atomic E-state index is 13.3. The van der Waals surface area contributed by atoms with Gasteiger partial charge in [0.2, 0.25) is 5.78 Å². The molecule has 3 aromatic rings. The van der Waals surface area contributed by atoms with Crippen LogP contribution in [0, 0.1) is 5.82 Å². The zero-order valence-electron chi connectivity index (χ0n) is 19.8. The molecule has 2 unspecified atom stereocenters. The van der Waals surface area contributed by atoms with Gasteiger partial charge in [0.1, 0.15) is 5.82 Å². The van der Waals surface area contributed by atoms with Crippen molar-refractivity contribution in [3.63, 3.8) is 0 Å². The number of nitrogens with zero attached hydrogens (tertiary/aromatic N) is 2. The molecule has 188 valence electrons. The standard InChI is InChI=1S/C27H25Cl2FN2O3S/c1-17-18(2)32(13-12-31(17)23-5-3-4-21(28)15-23)27(34)20-8-11-26(24(29)14-20)36(35)16-25(33)19-6-9-22(30)10-7-19/h3-11,14-15,17-18H,12-13,16H2,1-2H3/t17?,18-,36?/m0/s1. The summed E-state index contributed by atoms with van der Waals surface area (Å²) in [6, 6.07) is 17.3. The molecule has 5 nitrogen and oxygen atoms in total. The van der Waals surface area contributed by atoms with E-state index < -0.39 is 17.0 Å². The van der Waals surface area contributed by atoms with Crippen molar-refractivity contribution in [2.24, 2.45) is 0 Å². The predicted molar refractivity (Wildman–Crippen MR) is 142 cm³/mol. The Morgan fingerprint density at radius 2 is 1.67 bits per heavy atom. The second-order valence-corrected chi connectivity index (χ2v) is 11.0. The second-order valence-electron chi connectivity index (χ2n) is 8.72. The van der Waals surface area contributed by atoms with Crippen LogP contribution in [0.1, 0.15) is 34.6 Å². The minimum atomic E-state index is -1.72. The molecular formula is C27H25Cl2FN2O3S. The molecule has 3 aromatic carbocycles. The van der Waals surface area contributed by atoms with Crippen molar-refractivity contribution in [2.75, 3.05) is 23.7 Å². The van der Waals surface area contributed by atoms with Crippen LogP contribution in [0.2, 0.25) is 10.0 Å². The zero-order valence-corrected chi connectivity index (χ0v) is 22.1. The fourth-order valence-electron chi connectivity index (χ4n) is 4.35. The number of carbonyl (C=O) groups excluding carboxylic acids is 2. The Morgan fingerprint density at radius 3 is 2.33 bits per heavy atom. The molecule has 3 atom stereocenters. The van der Waals surface area contributed by atoms with Crippen molar-refractivity contribution < 1.29 is 18.5 Å². The van der Waals surface area contributed by atoms with E-state index >= 15 is 0 Å². The maximum Gasteiger partial charge on any atom is 0.254 e. The van der Waals surface area contributed by atoms with Crippen LogP contribution in [0.4, 0.5) is 10.1 Å². The monoisotopic (exact) mass is 546 g/mol. The van der Waals surface area contributed by atoms with Gasteiger partial charge in [0, 0.05) is 47.0 Å². The first-order valence-corrected chi connectivity index (χ1v) is 13.5. The van der Waals surface area contributed by atoms with Gasteiger partial charge in [-0.05, 0) is 85.7 Å². The SMILES string of the molecule is CC1[C@H](C)N(C(=O)c2ccc([S+]([O-])CC(=O)c3ccc(F)cc3)c(Cl)c2)CCN1c1cccc(Cl)c1. The fourth-order valence-corrected chi connectivity index (χ4v) is 6.03. The van der Waals surface area contributed by atoms with E-state index in [1.54, 1.807) is 6.07 Å². The van der Waals surface area contributed by atoms with Crippen LogP contribution in [-0.4, -0.2) is 52.1 Å². The van der Waals surface area contributed by atoms with Crippen molar-refractivity contribution >= 4 is 51.8 Å². The van der Waals surface area contributed by atoms with Crippen molar-refractivity contribution in [3.05, 3.63) is 93.7 Å². The Balaban J connectivity index is 1.45. The Bertz CT molecular complexity index is 1270. The van der Waals surface area contributed by atoms with Crippen LogP contribution in [-0.2, 0) is 11.2 Å². The van der Waals surface area contributed by atoms with Crippen LogP contribution in [0.5, 0.6) is 0 Å². The molecule has 0 aromatic heterocycles. The first kappa shape index (κ1) is 26.5. The number of ketones is 1. The summed E-state index contributed by atoms with van der Waals surface area (Å²) >= 11 is 10.8. The molecule has 1 fully saturated rings. The summed E-state index contributed by atoms with van der Waals surface area (Å²) in [5.41, 5.74) is 1.67. The number of piperazine rings is 1. The van der Waals surface area contributed by atoms with Gasteiger partial charge in [-0.3, -0.25) is 9.59 Å². The molecule has 0 N–H and O–H groups in total. The van der Waals surface area contributed by atoms with Gasteiger partial charge in [-0.1, -0.05) is 29.3 Å². The fraction of sp³-hybridized carbons (Fsp3) is 0.259. The zero-order chi connectivity index (χ0) is 26.0. The van der Waals surface area contributed by atoms with E-state index in [0.29, 0.717) is 23.7 Å². The van der Waals surface area contributed by atoms with Gasteiger partial charge in [-0.25, -0.2) is 4.39 Å². The van der Waals surface area contributed by atoms with Gasteiger partial charge in [0.25, 0.3) is 5.91 Å². The average molecular weight is 547 g/mol. The Labute approximate surface area is 223 Å². The summed E-state index contributed by atoms with van der Waals surface area (Å²) in [7, 11) is 0. The van der Waals surface area contributed by atoms with Crippen molar-refractivity contribution in [2.45, 2.75) is 30.8 Å². The minimum absolute atomic E-state index is 0.0564. The third-order valence-electron chi connectivity index (χ3n) is 6.52. The van der Waals surface area contributed by atoms with Crippen LogP contribution in [0.3, 0.4) is 0 Å². The molecule has 0 aliphatic carbocycles. The molecule has 9 heteroatoms. The second kappa shape index (κ2) is 11.2. The molecule has 0 bridgehead atoms. The minimum Gasteiger partial charge on any atom is -0.611 e. The largest absolute Gasteiger partial charge is 0.611 e. The number of rotatable bonds is 6. The van der Waals surface area contributed by atoms with E-state index in [2.05, 4.69) is 11.8 Å². The molecule has 0 radical (unpaired) electrons. The van der Waals surface area contributed by atoms with E-state index in [1.165, 1.54) is 36.4 Å². The number of halogens is 3. The molecule has 1 saturated heterocycles. The molecule has 4 rings (SSSR count). The number of hydrogen-bond acceptors (Lipinski definition) is 4. The van der Waals surface area contributed by atoms with E-state index in [4.69, 9.17) is 23.2 Å². The van der Waals surface area contributed by atoms with Crippen molar-refractivity contribution in [1.29, 1.82) is 0 Å². The average Bonchev–Trinajstić information content (AvgIpc) is 2.85. The summed E-state index contributed by atoms with van der Waals surface area (Å²) in [4.78, 5) is 30.1. The van der Waals surface area contributed by atoms with Crippen LogP contribution in [0.15, 0.2) is 71.6 Å². The third-order valence-corrected chi connectivity index (χ3v) is 8.55. The molecular weight excluding hydrogens is 522 g/mol. The normalized spacial score (nSPS) is 18.7. The van der Waals surface area contributed by atoms with Crippen molar-refractivity contribution in [1.82, 2.24) is 4.90 Å². The van der Waals surface area contributed by atoms with Gasteiger partial charge >= 0.3 is 0 Å². The predicted octanol–water partition coefficient (Wildman–Crippen LogP) is 5.86. The highest BCUT2D eigenvalue weighted by Crippen LogP contribution is 2.29. The first-order valence-electron chi connectivity index (χ1n) is 11.5. The third kappa shape index (κ3) is 5.70. The van der Waals surface area contributed by atoms with E-state index in [-0.39, 0.29) is 45.0 Å². The van der Waals surface area contributed by atoms with Crippen LogP contribution >= 0.6 is 23.2 Å². The Hall–Kier alpha value is -2.58. The highest BCUT2D eigenvalue weighted by molar-refractivity contribution is 7.92. The number of amides is 1. The maximum absolute atomic E-state index is 13.3. The van der Waals surface area contributed by atoms with Crippen LogP contribution < -0.4 is 4.90 Å². The summed E-state index contributed by atoms with van der Waals surface area (Å²) in [5, 5.41) is 0.821.